The third-order valence-corrected chi connectivity index (χ3v) is 8.84. The zero-order chi connectivity index (χ0) is 36.8. The number of ether oxygens (including phenoxy) is 8. The van der Waals surface area contributed by atoms with E-state index in [4.69, 9.17) is 37.9 Å². The molecule has 0 amide bonds. The van der Waals surface area contributed by atoms with Crippen LogP contribution >= 0.6 is 0 Å². The normalized spacial score (nSPS) is 21.0. The molecule has 1 saturated carbocycles. The molecule has 11 nitrogen and oxygen atoms in total. The molecule has 278 valence electrons. The van der Waals surface area contributed by atoms with Crippen molar-refractivity contribution >= 4 is 17.9 Å². The SMILES string of the molecule is COCCOCc1ccc(CO[C@@H]2O[C@H](COC(=O)c3ccccc3)[C@H](OC(=O)c3ccccc3)[C@H](OCC3CC3)[C@H]2OC(=O)c2ccccc2)cc1. The minimum atomic E-state index is -1.20. The van der Waals surface area contributed by atoms with Crippen LogP contribution in [0.3, 0.4) is 0 Å². The Hall–Kier alpha value is -4.91. The van der Waals surface area contributed by atoms with Crippen LogP contribution in [0.1, 0.15) is 55.0 Å². The van der Waals surface area contributed by atoms with E-state index in [0.29, 0.717) is 49.0 Å². The number of hydrogen-bond donors (Lipinski definition) is 0. The van der Waals surface area contributed by atoms with Crippen LogP contribution in [0.4, 0.5) is 0 Å². The minimum absolute atomic E-state index is 0.0786. The fourth-order valence-electron chi connectivity index (χ4n) is 5.73. The van der Waals surface area contributed by atoms with E-state index in [1.807, 2.05) is 24.3 Å². The van der Waals surface area contributed by atoms with Gasteiger partial charge >= 0.3 is 17.9 Å². The lowest BCUT2D eigenvalue weighted by atomic mass is 9.97. The van der Waals surface area contributed by atoms with Crippen LogP contribution in [0.15, 0.2) is 115 Å². The fourth-order valence-corrected chi connectivity index (χ4v) is 5.73. The molecule has 1 heterocycles. The summed E-state index contributed by atoms with van der Waals surface area (Å²) in [5, 5.41) is 0. The van der Waals surface area contributed by atoms with Crippen LogP contribution in [-0.2, 0) is 51.1 Å². The maximum Gasteiger partial charge on any atom is 0.338 e. The van der Waals surface area contributed by atoms with Crippen molar-refractivity contribution < 1.29 is 52.3 Å². The van der Waals surface area contributed by atoms with Gasteiger partial charge in [-0.1, -0.05) is 78.9 Å². The number of hydrogen-bond acceptors (Lipinski definition) is 11. The van der Waals surface area contributed by atoms with Gasteiger partial charge in [0.15, 0.2) is 18.5 Å². The Morgan fingerprint density at radius 3 is 1.66 bits per heavy atom. The molecule has 4 aromatic carbocycles. The van der Waals surface area contributed by atoms with Gasteiger partial charge in [-0.05, 0) is 66.3 Å². The van der Waals surface area contributed by atoms with Crippen LogP contribution in [-0.4, -0.2) is 82.2 Å². The predicted molar refractivity (Wildman–Crippen MR) is 192 cm³/mol. The second-order valence-electron chi connectivity index (χ2n) is 12.9. The van der Waals surface area contributed by atoms with Gasteiger partial charge in [0.2, 0.25) is 0 Å². The van der Waals surface area contributed by atoms with Crippen LogP contribution in [0, 0.1) is 5.92 Å². The largest absolute Gasteiger partial charge is 0.459 e. The zero-order valence-corrected chi connectivity index (χ0v) is 29.6. The second kappa shape index (κ2) is 19.2. The van der Waals surface area contributed by atoms with E-state index in [1.54, 1.807) is 98.1 Å². The lowest BCUT2D eigenvalue weighted by Crippen LogP contribution is -2.62. The van der Waals surface area contributed by atoms with Gasteiger partial charge in [0.25, 0.3) is 0 Å². The van der Waals surface area contributed by atoms with Crippen molar-refractivity contribution in [1.82, 2.24) is 0 Å². The molecule has 1 aliphatic carbocycles. The fraction of sp³-hybridized carbons (Fsp3) is 0.357. The lowest BCUT2D eigenvalue weighted by Gasteiger charge is -2.44. The van der Waals surface area contributed by atoms with E-state index in [-0.39, 0.29) is 13.2 Å². The molecule has 6 rings (SSSR count). The highest BCUT2D eigenvalue weighted by Gasteiger charge is 2.52. The van der Waals surface area contributed by atoms with Crippen LogP contribution in [0.2, 0.25) is 0 Å². The number of methoxy groups -OCH3 is 1. The van der Waals surface area contributed by atoms with Gasteiger partial charge < -0.3 is 37.9 Å². The first-order chi connectivity index (χ1) is 26.0. The molecule has 2 fully saturated rings. The molecule has 0 N–H and O–H groups in total. The number of esters is 3. The van der Waals surface area contributed by atoms with E-state index in [9.17, 15) is 14.4 Å². The van der Waals surface area contributed by atoms with Gasteiger partial charge in [-0.3, -0.25) is 0 Å². The summed E-state index contributed by atoms with van der Waals surface area (Å²) in [6, 6.07) is 33.3. The highest BCUT2D eigenvalue weighted by Crippen LogP contribution is 2.35. The topological polar surface area (TPSA) is 125 Å². The number of rotatable bonds is 18. The third kappa shape index (κ3) is 11.0. The van der Waals surface area contributed by atoms with Crippen molar-refractivity contribution in [3.63, 3.8) is 0 Å². The summed E-state index contributed by atoms with van der Waals surface area (Å²) in [5.74, 6) is -1.55. The highest BCUT2D eigenvalue weighted by molar-refractivity contribution is 5.90. The molecule has 0 unspecified atom stereocenters. The molecular formula is C42H44O11. The average molecular weight is 725 g/mol. The van der Waals surface area contributed by atoms with Gasteiger partial charge in [0.05, 0.1) is 49.7 Å². The first-order valence-electron chi connectivity index (χ1n) is 17.8. The molecule has 0 bridgehead atoms. The maximum atomic E-state index is 13.6. The molecule has 53 heavy (non-hydrogen) atoms. The van der Waals surface area contributed by atoms with E-state index < -0.39 is 48.6 Å². The molecule has 0 spiro atoms. The van der Waals surface area contributed by atoms with Crippen molar-refractivity contribution in [2.45, 2.75) is 56.8 Å². The quantitative estimate of drug-likeness (QED) is 0.0663. The Morgan fingerprint density at radius 2 is 1.11 bits per heavy atom. The molecule has 0 radical (unpaired) electrons. The van der Waals surface area contributed by atoms with E-state index in [2.05, 4.69) is 0 Å². The van der Waals surface area contributed by atoms with Gasteiger partial charge in [0.1, 0.15) is 18.8 Å². The van der Waals surface area contributed by atoms with Crippen molar-refractivity contribution in [2.75, 3.05) is 33.5 Å². The van der Waals surface area contributed by atoms with Crippen LogP contribution in [0.25, 0.3) is 0 Å². The molecule has 4 aromatic rings. The van der Waals surface area contributed by atoms with E-state index in [0.717, 1.165) is 24.0 Å². The zero-order valence-electron chi connectivity index (χ0n) is 29.6. The molecule has 0 aromatic heterocycles. The Balaban J connectivity index is 1.28. The monoisotopic (exact) mass is 724 g/mol. The summed E-state index contributed by atoms with van der Waals surface area (Å²) in [4.78, 5) is 40.3. The first kappa shape index (κ1) is 37.8. The predicted octanol–water partition coefficient (Wildman–Crippen LogP) is 6.19. The molecule has 5 atom stereocenters. The summed E-state index contributed by atoms with van der Waals surface area (Å²) in [6.45, 7) is 1.53. The summed E-state index contributed by atoms with van der Waals surface area (Å²) in [7, 11) is 1.62. The van der Waals surface area contributed by atoms with Crippen molar-refractivity contribution in [1.29, 1.82) is 0 Å². The highest BCUT2D eigenvalue weighted by atomic mass is 16.7. The molecule has 1 aliphatic heterocycles. The number of carbonyl (C=O) groups excluding carboxylic acids is 3. The summed E-state index contributed by atoms with van der Waals surface area (Å²) in [6.07, 6.45) is -3.66. The summed E-state index contributed by atoms with van der Waals surface area (Å²) in [5.41, 5.74) is 2.76. The Bertz CT molecular complexity index is 1730. The maximum absolute atomic E-state index is 13.6. The van der Waals surface area contributed by atoms with Crippen molar-refractivity contribution in [2.24, 2.45) is 5.92 Å². The lowest BCUT2D eigenvalue weighted by molar-refractivity contribution is -0.308. The van der Waals surface area contributed by atoms with Gasteiger partial charge in [-0.2, -0.15) is 0 Å². The Kier molecular flexibility index (Phi) is 13.7. The number of carbonyl (C=O) groups is 3. The van der Waals surface area contributed by atoms with Gasteiger partial charge in [0, 0.05) is 7.11 Å². The smallest absolute Gasteiger partial charge is 0.338 e. The van der Waals surface area contributed by atoms with Crippen molar-refractivity contribution in [3.05, 3.63) is 143 Å². The molecule has 11 heteroatoms. The minimum Gasteiger partial charge on any atom is -0.459 e. The Morgan fingerprint density at radius 1 is 0.585 bits per heavy atom. The number of benzene rings is 4. The summed E-state index contributed by atoms with van der Waals surface area (Å²) < 4.78 is 48.1. The average Bonchev–Trinajstić information content (AvgIpc) is 4.04. The van der Waals surface area contributed by atoms with Crippen LogP contribution in [0.5, 0.6) is 0 Å². The molecule has 2 aliphatic rings. The van der Waals surface area contributed by atoms with Crippen molar-refractivity contribution in [3.8, 4) is 0 Å². The summed E-state index contributed by atoms with van der Waals surface area (Å²) >= 11 is 0. The molecular weight excluding hydrogens is 680 g/mol. The molecule has 1 saturated heterocycles. The Labute approximate surface area is 309 Å². The van der Waals surface area contributed by atoms with E-state index >= 15 is 0 Å². The first-order valence-corrected chi connectivity index (χ1v) is 17.8. The second-order valence-corrected chi connectivity index (χ2v) is 12.9. The standard InChI is InChI=1S/C42H44O11/c1-46-23-24-47-25-29-17-19-31(20-18-29)27-50-42-38(53-41(45)34-15-9-4-10-16-34)37(48-26-30-21-22-30)36(52-40(44)33-13-7-3-8-14-33)35(51-42)28-49-39(43)32-11-5-2-6-12-32/h2-20,30,35-38,42H,21-28H2,1H3/t35-,36+,37+,38-,42-/m1/s1. The third-order valence-electron chi connectivity index (χ3n) is 8.84. The van der Waals surface area contributed by atoms with Crippen LogP contribution < -0.4 is 0 Å². The van der Waals surface area contributed by atoms with E-state index in [1.165, 1.54) is 0 Å². The van der Waals surface area contributed by atoms with Gasteiger partial charge in [-0.15, -0.1) is 0 Å². The van der Waals surface area contributed by atoms with Gasteiger partial charge in [-0.25, -0.2) is 14.4 Å².